The van der Waals surface area contributed by atoms with E-state index >= 15 is 0 Å². The maximum Gasteiger partial charge on any atom is 0.321 e. The summed E-state index contributed by atoms with van der Waals surface area (Å²) in [5, 5.41) is 8.87. The van der Waals surface area contributed by atoms with Gasteiger partial charge in [0.2, 0.25) is 23.5 Å². The number of fused-ring (bicyclic) bond motifs is 2. The number of hydrogen-bond donors (Lipinski definition) is 2. The Morgan fingerprint density at radius 3 is 1.61 bits per heavy atom. The van der Waals surface area contributed by atoms with E-state index in [1.54, 1.807) is 46.6 Å². The molecule has 2 aliphatic heterocycles. The summed E-state index contributed by atoms with van der Waals surface area (Å²) in [5.74, 6) is 2.16. The van der Waals surface area contributed by atoms with Gasteiger partial charge in [-0.1, -0.05) is 24.3 Å². The molecule has 6 aromatic heterocycles. The minimum Gasteiger partial charge on any atom is -0.461 e. The molecule has 8 heterocycles. The summed E-state index contributed by atoms with van der Waals surface area (Å²) in [6, 6.07) is 9.79. The van der Waals surface area contributed by atoms with Crippen LogP contribution in [0.1, 0.15) is 36.3 Å². The number of rotatable bonds is 4. The minimum atomic E-state index is -0.372. The zero-order valence-corrected chi connectivity index (χ0v) is 23.3. The van der Waals surface area contributed by atoms with Crippen molar-refractivity contribution in [2.75, 3.05) is 24.6 Å². The summed E-state index contributed by atoms with van der Waals surface area (Å²) in [5.41, 5.74) is 14.9. The molecule has 8 rings (SSSR count). The Morgan fingerprint density at radius 1 is 0.705 bits per heavy atom. The van der Waals surface area contributed by atoms with E-state index in [1.807, 2.05) is 36.4 Å². The van der Waals surface area contributed by atoms with Gasteiger partial charge in [0.05, 0.1) is 36.0 Å². The van der Waals surface area contributed by atoms with Gasteiger partial charge in [-0.15, -0.1) is 10.2 Å². The third-order valence-corrected chi connectivity index (χ3v) is 7.81. The van der Waals surface area contributed by atoms with Crippen LogP contribution >= 0.6 is 0 Å². The number of urea groups is 1. The number of nitrogens with zero attached hydrogens (tertiary/aromatic N) is 10. The fourth-order valence-corrected chi connectivity index (χ4v) is 5.71. The lowest BCUT2D eigenvalue weighted by Crippen LogP contribution is -2.48. The molecule has 0 aliphatic carbocycles. The molecule has 15 heteroatoms. The Labute approximate surface area is 249 Å². The number of nitrogens with two attached hydrogens (primary N) is 2. The van der Waals surface area contributed by atoms with Crippen molar-refractivity contribution in [2.24, 2.45) is 0 Å². The molecule has 0 aromatic carbocycles. The first-order valence-electron chi connectivity index (χ1n) is 14.0. The van der Waals surface area contributed by atoms with Crippen molar-refractivity contribution < 1.29 is 13.6 Å². The van der Waals surface area contributed by atoms with Crippen molar-refractivity contribution in [3.05, 3.63) is 84.6 Å². The average Bonchev–Trinajstić information content (AvgIpc) is 3.87. The van der Waals surface area contributed by atoms with Crippen molar-refractivity contribution in [1.82, 2.24) is 49.0 Å². The number of furan rings is 2. The van der Waals surface area contributed by atoms with Crippen LogP contribution in [-0.2, 0) is 0 Å². The van der Waals surface area contributed by atoms with Crippen LogP contribution in [-0.4, -0.2) is 68.1 Å². The lowest BCUT2D eigenvalue weighted by atomic mass is 10.0. The molecule has 2 amide bonds. The molecule has 2 aliphatic rings. The third kappa shape index (κ3) is 4.24. The standard InChI is InChI=1S/C29H26N12O3/c30-27-32-17(15-23-34-25(36-40(23)27)21-9-5-13-43-21)19-7-1-3-11-38(19)29(42)39-12-4-2-8-20(39)18-16-24-35-26(22-10-6-14-44-22)37-41(24)28(31)33-18/h1-6,9-10,13-16,19-20H,7-8,11-12H2,(H2,30,32)(H2,31,33). The average molecular weight is 591 g/mol. The van der Waals surface area contributed by atoms with E-state index in [-0.39, 0.29) is 30.0 Å². The topological polar surface area (TPSA) is 188 Å². The highest BCUT2D eigenvalue weighted by molar-refractivity contribution is 5.76. The molecular weight excluding hydrogens is 564 g/mol. The van der Waals surface area contributed by atoms with Gasteiger partial charge in [0.25, 0.3) is 0 Å². The monoisotopic (exact) mass is 590 g/mol. The number of carbonyl (C=O) groups is 1. The molecule has 220 valence electrons. The van der Waals surface area contributed by atoms with Crippen LogP contribution in [0, 0.1) is 0 Å². The first-order valence-corrected chi connectivity index (χ1v) is 14.0. The molecule has 0 saturated carbocycles. The summed E-state index contributed by atoms with van der Waals surface area (Å²) >= 11 is 0. The van der Waals surface area contributed by atoms with Crippen LogP contribution in [0.15, 0.2) is 82.1 Å². The quantitative estimate of drug-likeness (QED) is 0.285. The predicted octanol–water partition coefficient (Wildman–Crippen LogP) is 3.67. The van der Waals surface area contributed by atoms with Gasteiger partial charge in [-0.05, 0) is 37.1 Å². The van der Waals surface area contributed by atoms with Gasteiger partial charge < -0.3 is 30.1 Å². The van der Waals surface area contributed by atoms with Crippen molar-refractivity contribution in [3.8, 4) is 23.2 Å². The van der Waals surface area contributed by atoms with Crippen LogP contribution < -0.4 is 11.5 Å². The van der Waals surface area contributed by atoms with E-state index in [0.717, 1.165) is 0 Å². The summed E-state index contributed by atoms with van der Waals surface area (Å²) in [6.45, 7) is 0.803. The molecule has 44 heavy (non-hydrogen) atoms. The first-order chi connectivity index (χ1) is 21.5. The van der Waals surface area contributed by atoms with Gasteiger partial charge >= 0.3 is 6.03 Å². The van der Waals surface area contributed by atoms with Crippen LogP contribution in [0.2, 0.25) is 0 Å². The highest BCUT2D eigenvalue weighted by Gasteiger charge is 2.36. The van der Waals surface area contributed by atoms with Crippen molar-refractivity contribution >= 4 is 29.2 Å². The molecular formula is C29H26N12O3. The fourth-order valence-electron chi connectivity index (χ4n) is 5.71. The Balaban J connectivity index is 1.12. The van der Waals surface area contributed by atoms with E-state index in [0.29, 0.717) is 71.8 Å². The summed E-state index contributed by atoms with van der Waals surface area (Å²) in [4.78, 5) is 36.4. The second-order valence-electron chi connectivity index (χ2n) is 10.5. The lowest BCUT2D eigenvalue weighted by Gasteiger charge is -2.40. The zero-order valence-electron chi connectivity index (χ0n) is 23.3. The van der Waals surface area contributed by atoms with Gasteiger partial charge in [0, 0.05) is 25.2 Å². The Bertz CT molecular complexity index is 1910. The van der Waals surface area contributed by atoms with Gasteiger partial charge in [-0.3, -0.25) is 0 Å². The van der Waals surface area contributed by atoms with Gasteiger partial charge in [-0.25, -0.2) is 24.7 Å². The molecule has 0 radical (unpaired) electrons. The van der Waals surface area contributed by atoms with Crippen LogP contribution in [0.25, 0.3) is 34.5 Å². The Morgan fingerprint density at radius 2 is 1.18 bits per heavy atom. The van der Waals surface area contributed by atoms with E-state index in [2.05, 4.69) is 30.1 Å². The Hall–Kier alpha value is -5.99. The van der Waals surface area contributed by atoms with Crippen LogP contribution in [0.4, 0.5) is 16.7 Å². The maximum atomic E-state index is 14.3. The number of hydrogen-bond acceptors (Lipinski definition) is 11. The van der Waals surface area contributed by atoms with Crippen molar-refractivity contribution in [2.45, 2.75) is 24.9 Å². The van der Waals surface area contributed by atoms with E-state index in [4.69, 9.17) is 20.3 Å². The number of aromatic nitrogens is 8. The van der Waals surface area contributed by atoms with Crippen LogP contribution in [0.3, 0.4) is 0 Å². The fraction of sp³-hybridized carbons (Fsp3) is 0.207. The summed E-state index contributed by atoms with van der Waals surface area (Å²) < 4.78 is 13.8. The predicted molar refractivity (Wildman–Crippen MR) is 158 cm³/mol. The van der Waals surface area contributed by atoms with E-state index < -0.39 is 0 Å². The summed E-state index contributed by atoms with van der Waals surface area (Å²) in [7, 11) is 0. The second kappa shape index (κ2) is 10.1. The normalized spacial score (nSPS) is 18.5. The van der Waals surface area contributed by atoms with E-state index in [9.17, 15) is 4.79 Å². The van der Waals surface area contributed by atoms with Crippen LogP contribution in [0.5, 0.6) is 0 Å². The lowest BCUT2D eigenvalue weighted by molar-refractivity contribution is 0.120. The number of anilines is 2. The molecule has 0 spiro atoms. The molecule has 0 fully saturated rings. The second-order valence-corrected chi connectivity index (χ2v) is 10.5. The minimum absolute atomic E-state index is 0.162. The number of carbonyl (C=O) groups excluding carboxylic acids is 1. The molecule has 6 aromatic rings. The molecule has 0 saturated heterocycles. The third-order valence-electron chi connectivity index (χ3n) is 7.81. The molecule has 15 nitrogen and oxygen atoms in total. The highest BCUT2D eigenvalue weighted by Crippen LogP contribution is 2.34. The maximum absolute atomic E-state index is 14.3. The van der Waals surface area contributed by atoms with Crippen molar-refractivity contribution in [3.63, 3.8) is 0 Å². The molecule has 0 bridgehead atoms. The van der Waals surface area contributed by atoms with Gasteiger partial charge in [0.1, 0.15) is 0 Å². The Kier molecular flexibility index (Phi) is 5.89. The van der Waals surface area contributed by atoms with Gasteiger partial charge in [0.15, 0.2) is 22.8 Å². The molecule has 2 atom stereocenters. The SMILES string of the molecule is Nc1nc(C2CC=CCN2C(=O)N2CC=CCC2c2cc3nc(-c4ccco4)nn3c(N)n2)cc2nc(-c3ccco3)nn12. The number of amides is 2. The molecule has 2 unspecified atom stereocenters. The zero-order chi connectivity index (χ0) is 29.8. The smallest absolute Gasteiger partial charge is 0.321 e. The largest absolute Gasteiger partial charge is 0.461 e. The first kappa shape index (κ1) is 25.7. The molecule has 4 N–H and O–H groups in total. The highest BCUT2D eigenvalue weighted by atomic mass is 16.3. The van der Waals surface area contributed by atoms with Crippen molar-refractivity contribution in [1.29, 1.82) is 0 Å². The van der Waals surface area contributed by atoms with E-state index in [1.165, 1.54) is 9.03 Å². The van der Waals surface area contributed by atoms with Gasteiger partial charge in [-0.2, -0.15) is 9.03 Å². The summed E-state index contributed by atoms with van der Waals surface area (Å²) in [6.07, 6.45) is 12.3. The number of nitrogen functional groups attached to an aromatic ring is 2.